The van der Waals surface area contributed by atoms with Gasteiger partial charge in [0.25, 0.3) is 0 Å². The van der Waals surface area contributed by atoms with E-state index in [1.54, 1.807) is 0 Å². The number of alkyl halides is 3. The van der Waals surface area contributed by atoms with E-state index in [9.17, 15) is 13.2 Å². The highest BCUT2D eigenvalue weighted by Crippen LogP contribution is 2.40. The molecule has 4 nitrogen and oxygen atoms in total. The number of ether oxygens (including phenoxy) is 1. The number of benzene rings is 1. The summed E-state index contributed by atoms with van der Waals surface area (Å²) < 4.78 is 44.6. The van der Waals surface area contributed by atoms with Crippen molar-refractivity contribution >= 4 is 17.3 Å². The SMILES string of the molecule is CC/C=C(/SC)N(N)/C(=C\N)C(=C(C)CC)c1ccc(C(F)(F)F)cc1OC. The van der Waals surface area contributed by atoms with Crippen LogP contribution in [0.5, 0.6) is 5.75 Å². The molecule has 28 heavy (non-hydrogen) atoms. The average Bonchev–Trinajstić information content (AvgIpc) is 2.67. The van der Waals surface area contributed by atoms with Crippen molar-refractivity contribution < 1.29 is 17.9 Å². The van der Waals surface area contributed by atoms with E-state index in [1.807, 2.05) is 33.1 Å². The van der Waals surface area contributed by atoms with Crippen LogP contribution in [-0.2, 0) is 6.18 Å². The molecule has 0 atom stereocenters. The van der Waals surface area contributed by atoms with E-state index in [0.29, 0.717) is 23.3 Å². The van der Waals surface area contributed by atoms with E-state index >= 15 is 0 Å². The molecule has 0 saturated carbocycles. The molecule has 0 spiro atoms. The Balaban J connectivity index is 3.67. The van der Waals surface area contributed by atoms with Crippen LogP contribution >= 0.6 is 11.8 Å². The molecule has 1 aromatic carbocycles. The Morgan fingerprint density at radius 3 is 2.36 bits per heavy atom. The summed E-state index contributed by atoms with van der Waals surface area (Å²) in [6, 6.07) is 3.42. The minimum absolute atomic E-state index is 0.107. The van der Waals surface area contributed by atoms with Gasteiger partial charge in [0.15, 0.2) is 0 Å². The third-order valence-electron chi connectivity index (χ3n) is 4.25. The van der Waals surface area contributed by atoms with Crippen LogP contribution < -0.4 is 16.3 Å². The molecule has 0 saturated heterocycles. The van der Waals surface area contributed by atoms with Gasteiger partial charge in [-0.1, -0.05) is 25.5 Å². The van der Waals surface area contributed by atoms with Crippen LogP contribution in [0.4, 0.5) is 13.2 Å². The van der Waals surface area contributed by atoms with Gasteiger partial charge in [-0.25, -0.2) is 5.84 Å². The molecule has 0 bridgehead atoms. The summed E-state index contributed by atoms with van der Waals surface area (Å²) >= 11 is 1.46. The molecule has 8 heteroatoms. The van der Waals surface area contributed by atoms with Crippen molar-refractivity contribution in [2.45, 2.75) is 39.8 Å². The molecule has 1 aromatic rings. The van der Waals surface area contributed by atoms with Gasteiger partial charge in [0.1, 0.15) is 5.75 Å². The van der Waals surface area contributed by atoms with Gasteiger partial charge in [0.05, 0.1) is 23.4 Å². The van der Waals surface area contributed by atoms with Gasteiger partial charge in [-0.2, -0.15) is 13.2 Å². The number of nitrogens with two attached hydrogens (primary N) is 2. The van der Waals surface area contributed by atoms with Crippen LogP contribution in [0.25, 0.3) is 5.57 Å². The molecule has 156 valence electrons. The van der Waals surface area contributed by atoms with Crippen molar-refractivity contribution in [1.29, 1.82) is 0 Å². The molecule has 0 aromatic heterocycles. The number of halogens is 3. The molecule has 0 aliphatic carbocycles. The fourth-order valence-corrected chi connectivity index (χ4v) is 3.32. The van der Waals surface area contributed by atoms with Crippen molar-refractivity contribution in [3.8, 4) is 5.75 Å². The fraction of sp³-hybridized carbons (Fsp3) is 0.400. The van der Waals surface area contributed by atoms with Gasteiger partial charge >= 0.3 is 6.18 Å². The van der Waals surface area contributed by atoms with Crippen molar-refractivity contribution in [1.82, 2.24) is 5.01 Å². The Labute approximate surface area is 169 Å². The van der Waals surface area contributed by atoms with Crippen molar-refractivity contribution in [3.63, 3.8) is 0 Å². The molecule has 0 aliphatic rings. The zero-order chi connectivity index (χ0) is 21.5. The number of allylic oxidation sites excluding steroid dienone is 3. The lowest BCUT2D eigenvalue weighted by Crippen LogP contribution is -2.30. The molecule has 0 amide bonds. The second-order valence-corrected chi connectivity index (χ2v) is 6.82. The van der Waals surface area contributed by atoms with Crippen molar-refractivity contribution in [3.05, 3.63) is 57.9 Å². The van der Waals surface area contributed by atoms with Gasteiger partial charge in [0.2, 0.25) is 0 Å². The average molecular weight is 416 g/mol. The molecule has 0 fully saturated rings. The molecular formula is C20H28F3N3OS. The zero-order valence-corrected chi connectivity index (χ0v) is 17.7. The molecule has 0 radical (unpaired) electrons. The highest BCUT2D eigenvalue weighted by molar-refractivity contribution is 8.02. The number of methoxy groups -OCH3 is 1. The lowest BCUT2D eigenvalue weighted by Gasteiger charge is -2.27. The van der Waals surface area contributed by atoms with Gasteiger partial charge in [-0.3, -0.25) is 5.01 Å². The standard InChI is InChI=1S/C20H28F3N3OS/c1-6-8-18(28-5)26(25)16(12-24)19(13(3)7-2)15-10-9-14(20(21,22)23)11-17(15)27-4/h8-12H,6-7,24-25H2,1-5H3/b16-12-,18-8+,19-13?. The molecule has 4 N–H and O–H groups in total. The van der Waals surface area contributed by atoms with Crippen LogP contribution in [-0.4, -0.2) is 18.4 Å². The minimum atomic E-state index is -4.46. The Morgan fingerprint density at radius 2 is 1.93 bits per heavy atom. The van der Waals surface area contributed by atoms with Gasteiger partial charge in [0, 0.05) is 17.3 Å². The highest BCUT2D eigenvalue weighted by atomic mass is 32.2. The van der Waals surface area contributed by atoms with Gasteiger partial charge in [-0.15, -0.1) is 11.8 Å². The number of hydrazine groups is 1. The first kappa shape index (κ1) is 24.0. The van der Waals surface area contributed by atoms with E-state index in [4.69, 9.17) is 16.3 Å². The Morgan fingerprint density at radius 1 is 1.29 bits per heavy atom. The summed E-state index contributed by atoms with van der Waals surface area (Å²) in [4.78, 5) is 0. The molecule has 0 unspecified atom stereocenters. The number of rotatable bonds is 8. The second-order valence-electron chi connectivity index (χ2n) is 6.00. The monoisotopic (exact) mass is 415 g/mol. The molecular weight excluding hydrogens is 387 g/mol. The maximum atomic E-state index is 13.1. The maximum absolute atomic E-state index is 13.1. The Hall–Kier alpha value is -2.06. The topological polar surface area (TPSA) is 64.5 Å². The number of nitrogens with zero attached hydrogens (tertiary/aromatic N) is 1. The van der Waals surface area contributed by atoms with E-state index in [1.165, 1.54) is 36.1 Å². The second kappa shape index (κ2) is 10.5. The first-order valence-corrected chi connectivity index (χ1v) is 10.0. The molecule has 0 heterocycles. The summed E-state index contributed by atoms with van der Waals surface area (Å²) in [6.07, 6.45) is 2.19. The Kier molecular flexibility index (Phi) is 8.97. The predicted octanol–water partition coefficient (Wildman–Crippen LogP) is 5.49. The van der Waals surface area contributed by atoms with Crippen LogP contribution in [0.1, 0.15) is 44.7 Å². The number of hydrogen-bond acceptors (Lipinski definition) is 5. The summed E-state index contributed by atoms with van der Waals surface area (Å²) in [5, 5.41) is 2.24. The third kappa shape index (κ3) is 5.48. The maximum Gasteiger partial charge on any atom is 0.416 e. The third-order valence-corrected chi connectivity index (χ3v) is 5.04. The summed E-state index contributed by atoms with van der Waals surface area (Å²) in [5.74, 6) is 6.44. The van der Waals surface area contributed by atoms with Crippen LogP contribution in [0.2, 0.25) is 0 Å². The lowest BCUT2D eigenvalue weighted by atomic mass is 9.94. The minimum Gasteiger partial charge on any atom is -0.496 e. The van der Waals surface area contributed by atoms with Crippen molar-refractivity contribution in [2.75, 3.05) is 13.4 Å². The largest absolute Gasteiger partial charge is 0.496 e. The lowest BCUT2D eigenvalue weighted by molar-refractivity contribution is -0.137. The zero-order valence-electron chi connectivity index (χ0n) is 16.9. The van der Waals surface area contributed by atoms with Crippen LogP contribution in [0.3, 0.4) is 0 Å². The summed E-state index contributed by atoms with van der Waals surface area (Å²) in [7, 11) is 1.34. The summed E-state index contributed by atoms with van der Waals surface area (Å²) in [5.41, 5.74) is 7.69. The smallest absolute Gasteiger partial charge is 0.416 e. The normalized spacial score (nSPS) is 14.0. The number of hydrogen-bond donors (Lipinski definition) is 2. The predicted molar refractivity (Wildman–Crippen MR) is 111 cm³/mol. The fourth-order valence-electron chi connectivity index (χ4n) is 2.69. The quantitative estimate of drug-likeness (QED) is 0.334. The van der Waals surface area contributed by atoms with Gasteiger partial charge in [-0.05, 0) is 44.2 Å². The van der Waals surface area contributed by atoms with Gasteiger partial charge < -0.3 is 10.5 Å². The first-order chi connectivity index (χ1) is 13.2. The highest BCUT2D eigenvalue weighted by Gasteiger charge is 2.32. The molecule has 0 aliphatic heterocycles. The van der Waals surface area contributed by atoms with E-state index in [-0.39, 0.29) is 5.75 Å². The Bertz CT molecular complexity index is 770. The molecule has 1 rings (SSSR count). The van der Waals surface area contributed by atoms with E-state index in [2.05, 4.69) is 0 Å². The summed E-state index contributed by atoms with van der Waals surface area (Å²) in [6.45, 7) is 5.84. The van der Waals surface area contributed by atoms with Crippen LogP contribution in [0.15, 0.2) is 46.8 Å². The number of thioether (sulfide) groups is 1. The van der Waals surface area contributed by atoms with Crippen molar-refractivity contribution in [2.24, 2.45) is 11.6 Å². The first-order valence-electron chi connectivity index (χ1n) is 8.82. The van der Waals surface area contributed by atoms with E-state index in [0.717, 1.165) is 29.2 Å². The van der Waals surface area contributed by atoms with Crippen LogP contribution in [0, 0.1) is 0 Å². The van der Waals surface area contributed by atoms with E-state index < -0.39 is 11.7 Å².